The van der Waals surface area contributed by atoms with E-state index in [4.69, 9.17) is 0 Å². The highest BCUT2D eigenvalue weighted by Gasteiger charge is 2.41. The van der Waals surface area contributed by atoms with E-state index in [2.05, 4.69) is 9.80 Å². The van der Waals surface area contributed by atoms with Crippen molar-refractivity contribution in [2.45, 2.75) is 38.1 Å². The minimum Gasteiger partial charge on any atom is -0.392 e. The normalized spacial score (nSPS) is 26.0. The lowest BCUT2D eigenvalue weighted by molar-refractivity contribution is -0.138. The molecule has 0 aromatic heterocycles. The van der Waals surface area contributed by atoms with Gasteiger partial charge in [-0.05, 0) is 56.4 Å². The quantitative estimate of drug-likeness (QED) is 0.895. The maximum Gasteiger partial charge on any atom is 0.416 e. The predicted octanol–water partition coefficient (Wildman–Crippen LogP) is 2.98. The minimum absolute atomic E-state index is 0.118. The predicted molar refractivity (Wildman–Crippen MR) is 86.5 cm³/mol. The van der Waals surface area contributed by atoms with E-state index in [1.54, 1.807) is 12.1 Å². The summed E-state index contributed by atoms with van der Waals surface area (Å²) in [5.74, 6) is 0. The van der Waals surface area contributed by atoms with Crippen LogP contribution in [0.2, 0.25) is 0 Å². The SMILES string of the molecule is CN1CC(O)CC2(CCN(Cc3ccccc3C(F)(F)F)CC2)C1. The van der Waals surface area contributed by atoms with Crippen molar-refractivity contribution in [1.29, 1.82) is 0 Å². The molecule has 1 N–H and O–H groups in total. The van der Waals surface area contributed by atoms with Gasteiger partial charge in [-0.3, -0.25) is 4.90 Å². The molecule has 1 spiro atoms. The summed E-state index contributed by atoms with van der Waals surface area (Å²) in [5.41, 5.74) is -0.0632. The number of alkyl halides is 3. The Labute approximate surface area is 141 Å². The van der Waals surface area contributed by atoms with Crippen molar-refractivity contribution >= 4 is 0 Å². The molecular weight excluding hydrogens is 317 g/mol. The zero-order valence-electron chi connectivity index (χ0n) is 14.0. The van der Waals surface area contributed by atoms with Gasteiger partial charge in [-0.25, -0.2) is 0 Å². The number of rotatable bonds is 2. The number of halogens is 3. The van der Waals surface area contributed by atoms with E-state index in [0.717, 1.165) is 45.0 Å². The molecule has 134 valence electrons. The van der Waals surface area contributed by atoms with Crippen LogP contribution in [0.15, 0.2) is 24.3 Å². The summed E-state index contributed by atoms with van der Waals surface area (Å²) in [6, 6.07) is 5.85. The Bertz CT molecular complexity index is 556. The van der Waals surface area contributed by atoms with Crippen molar-refractivity contribution < 1.29 is 18.3 Å². The Morgan fingerprint density at radius 3 is 2.50 bits per heavy atom. The molecule has 3 rings (SSSR count). The number of aliphatic hydroxyl groups excluding tert-OH is 1. The molecule has 2 aliphatic heterocycles. The maximum atomic E-state index is 13.1. The van der Waals surface area contributed by atoms with Gasteiger partial charge >= 0.3 is 6.18 Å². The van der Waals surface area contributed by atoms with Gasteiger partial charge in [0.15, 0.2) is 0 Å². The third-order valence-electron chi connectivity index (χ3n) is 5.43. The third kappa shape index (κ3) is 3.92. The fraction of sp³-hybridized carbons (Fsp3) is 0.667. The molecular formula is C18H25F3N2O. The number of hydrogen-bond donors (Lipinski definition) is 1. The largest absolute Gasteiger partial charge is 0.416 e. The lowest BCUT2D eigenvalue weighted by atomic mass is 9.71. The van der Waals surface area contributed by atoms with Crippen LogP contribution in [0.25, 0.3) is 0 Å². The summed E-state index contributed by atoms with van der Waals surface area (Å²) in [6.45, 7) is 3.59. The summed E-state index contributed by atoms with van der Waals surface area (Å²) in [6.07, 6.45) is -1.92. The molecule has 1 aromatic rings. The van der Waals surface area contributed by atoms with Gasteiger partial charge in [0.1, 0.15) is 0 Å². The average Bonchev–Trinajstić information content (AvgIpc) is 2.48. The van der Waals surface area contributed by atoms with Gasteiger partial charge in [-0.1, -0.05) is 18.2 Å². The van der Waals surface area contributed by atoms with E-state index < -0.39 is 11.7 Å². The van der Waals surface area contributed by atoms with Crippen LogP contribution >= 0.6 is 0 Å². The molecule has 1 atom stereocenters. The molecule has 2 fully saturated rings. The van der Waals surface area contributed by atoms with Crippen molar-refractivity contribution in [3.63, 3.8) is 0 Å². The van der Waals surface area contributed by atoms with Crippen molar-refractivity contribution in [3.8, 4) is 0 Å². The van der Waals surface area contributed by atoms with E-state index >= 15 is 0 Å². The number of likely N-dealkylation sites (N-methyl/N-ethyl adjacent to an activating group) is 1. The van der Waals surface area contributed by atoms with Crippen molar-refractivity contribution in [1.82, 2.24) is 9.80 Å². The van der Waals surface area contributed by atoms with E-state index in [1.165, 1.54) is 6.07 Å². The van der Waals surface area contributed by atoms with Gasteiger partial charge in [-0.2, -0.15) is 13.2 Å². The standard InChI is InChI=1S/C18H25F3N2O/c1-22-12-15(24)10-17(13-22)6-8-23(9-7-17)11-14-4-2-3-5-16(14)18(19,20)21/h2-5,15,24H,6-13H2,1H3. The second-order valence-corrected chi connectivity index (χ2v) is 7.49. The Kier molecular flexibility index (Phi) is 4.91. The first-order valence-corrected chi connectivity index (χ1v) is 8.52. The molecule has 0 radical (unpaired) electrons. The smallest absolute Gasteiger partial charge is 0.392 e. The van der Waals surface area contributed by atoms with Gasteiger partial charge in [-0.15, -0.1) is 0 Å². The number of β-amino-alcohol motifs (C(OH)–C–C–N with tert-alkyl or cyclic N) is 1. The molecule has 0 saturated carbocycles. The van der Waals surface area contributed by atoms with Gasteiger partial charge in [0.05, 0.1) is 11.7 Å². The van der Waals surface area contributed by atoms with Gasteiger partial charge in [0.2, 0.25) is 0 Å². The Morgan fingerprint density at radius 2 is 1.88 bits per heavy atom. The highest BCUT2D eigenvalue weighted by molar-refractivity contribution is 5.29. The van der Waals surface area contributed by atoms with Crippen LogP contribution in [0, 0.1) is 5.41 Å². The molecule has 24 heavy (non-hydrogen) atoms. The zero-order valence-corrected chi connectivity index (χ0v) is 14.0. The second-order valence-electron chi connectivity index (χ2n) is 7.49. The van der Waals surface area contributed by atoms with Crippen molar-refractivity contribution in [2.75, 3.05) is 33.2 Å². The van der Waals surface area contributed by atoms with E-state index in [1.807, 2.05) is 7.05 Å². The second kappa shape index (κ2) is 6.65. The van der Waals surface area contributed by atoms with Crippen molar-refractivity contribution in [2.24, 2.45) is 5.41 Å². The Morgan fingerprint density at radius 1 is 1.21 bits per heavy atom. The molecule has 1 aromatic carbocycles. The number of likely N-dealkylation sites (tertiary alicyclic amines) is 2. The van der Waals surface area contributed by atoms with Crippen LogP contribution in [0.4, 0.5) is 13.2 Å². The number of piperidine rings is 2. The fourth-order valence-corrected chi connectivity index (χ4v) is 4.35. The van der Waals surface area contributed by atoms with E-state index in [0.29, 0.717) is 18.7 Å². The first kappa shape index (κ1) is 17.7. The van der Waals surface area contributed by atoms with Crippen LogP contribution in [0.3, 0.4) is 0 Å². The fourth-order valence-electron chi connectivity index (χ4n) is 4.35. The Balaban J connectivity index is 1.64. The molecule has 2 saturated heterocycles. The summed E-state index contributed by atoms with van der Waals surface area (Å²) < 4.78 is 39.4. The molecule has 0 amide bonds. The first-order valence-electron chi connectivity index (χ1n) is 8.52. The number of aliphatic hydroxyl groups is 1. The summed E-state index contributed by atoms with van der Waals surface area (Å²) in [4.78, 5) is 4.28. The summed E-state index contributed by atoms with van der Waals surface area (Å²) >= 11 is 0. The van der Waals surface area contributed by atoms with Gasteiger partial charge in [0, 0.05) is 19.6 Å². The number of benzene rings is 1. The molecule has 0 bridgehead atoms. The summed E-state index contributed by atoms with van der Waals surface area (Å²) in [7, 11) is 2.02. The van der Waals surface area contributed by atoms with Crippen molar-refractivity contribution in [3.05, 3.63) is 35.4 Å². The molecule has 2 aliphatic rings. The van der Waals surface area contributed by atoms with Crippen LogP contribution < -0.4 is 0 Å². The highest BCUT2D eigenvalue weighted by atomic mass is 19.4. The highest BCUT2D eigenvalue weighted by Crippen LogP contribution is 2.40. The van der Waals surface area contributed by atoms with Crippen LogP contribution in [0.1, 0.15) is 30.4 Å². The van der Waals surface area contributed by atoms with Gasteiger partial charge < -0.3 is 10.0 Å². The molecule has 0 aliphatic carbocycles. The van der Waals surface area contributed by atoms with Crippen LogP contribution in [0.5, 0.6) is 0 Å². The first-order chi connectivity index (χ1) is 11.3. The molecule has 6 heteroatoms. The molecule has 2 heterocycles. The minimum atomic E-state index is -4.30. The topological polar surface area (TPSA) is 26.7 Å². The lowest BCUT2D eigenvalue weighted by Crippen LogP contribution is -2.52. The number of hydrogen-bond acceptors (Lipinski definition) is 3. The Hall–Kier alpha value is -1.11. The number of nitrogens with zero attached hydrogens (tertiary/aromatic N) is 2. The zero-order chi connectivity index (χ0) is 17.4. The monoisotopic (exact) mass is 342 g/mol. The van der Waals surface area contributed by atoms with Crippen LogP contribution in [-0.2, 0) is 12.7 Å². The summed E-state index contributed by atoms with van der Waals surface area (Å²) in [5, 5.41) is 10.0. The maximum absolute atomic E-state index is 13.1. The lowest BCUT2D eigenvalue weighted by Gasteiger charge is -2.48. The molecule has 3 nitrogen and oxygen atoms in total. The van der Waals surface area contributed by atoms with Gasteiger partial charge in [0.25, 0.3) is 0 Å². The third-order valence-corrected chi connectivity index (χ3v) is 5.43. The van der Waals surface area contributed by atoms with Crippen LogP contribution in [-0.4, -0.2) is 54.2 Å². The van der Waals surface area contributed by atoms with E-state index in [9.17, 15) is 18.3 Å². The molecule has 1 unspecified atom stereocenters. The van der Waals surface area contributed by atoms with E-state index in [-0.39, 0.29) is 11.5 Å². The average molecular weight is 342 g/mol.